The average Bonchev–Trinajstić information content (AvgIpc) is 2.24. The summed E-state index contributed by atoms with van der Waals surface area (Å²) in [6.45, 7) is 3.45. The highest BCUT2D eigenvalue weighted by atomic mass is 32.2. The highest BCUT2D eigenvalue weighted by molar-refractivity contribution is 7.91. The van der Waals surface area contributed by atoms with Crippen molar-refractivity contribution in [2.75, 3.05) is 17.6 Å². The Morgan fingerprint density at radius 1 is 1.28 bits per heavy atom. The summed E-state index contributed by atoms with van der Waals surface area (Å²) in [7, 11) is -2.94. The fourth-order valence-corrected chi connectivity index (χ4v) is 2.13. The molecule has 0 aromatic heterocycles. The molecule has 0 heterocycles. The van der Waals surface area contributed by atoms with Gasteiger partial charge in [-0.3, -0.25) is 4.72 Å². The molecule has 4 N–H and O–H groups in total. The van der Waals surface area contributed by atoms with Crippen molar-refractivity contribution < 1.29 is 17.9 Å². The summed E-state index contributed by atoms with van der Waals surface area (Å²) in [5.41, 5.74) is 7.98. The molecule has 0 unspecified atom stereocenters. The van der Waals surface area contributed by atoms with Crippen molar-refractivity contribution in [2.24, 2.45) is 0 Å². The lowest BCUT2D eigenvalue weighted by atomic mass is 10.1. The normalized spacial score (nSPS) is 10.8. The van der Waals surface area contributed by atoms with Gasteiger partial charge in [-0.15, -0.1) is 0 Å². The molecule has 0 saturated carbocycles. The fourth-order valence-electron chi connectivity index (χ4n) is 1.27. The van der Waals surface area contributed by atoms with Crippen molar-refractivity contribution in [3.05, 3.63) is 23.3 Å². The molecule has 1 aromatic rings. The van der Waals surface area contributed by atoms with Crippen molar-refractivity contribution in [3.8, 4) is 0 Å². The maximum atomic E-state index is 11.6. The van der Waals surface area contributed by atoms with E-state index in [1.807, 2.05) is 0 Å². The fraction of sp³-hybridized carbons (Fsp3) is 0.300. The number of methoxy groups -OCH3 is 1. The highest BCUT2D eigenvalue weighted by Gasteiger charge is 2.15. The van der Waals surface area contributed by atoms with E-state index in [9.17, 15) is 13.2 Å². The molecule has 0 bridgehead atoms. The van der Waals surface area contributed by atoms with Crippen LogP contribution >= 0.6 is 0 Å². The van der Waals surface area contributed by atoms with Gasteiger partial charge in [0.25, 0.3) is 0 Å². The van der Waals surface area contributed by atoms with Crippen LogP contribution in [0.1, 0.15) is 11.1 Å². The first-order valence-electron chi connectivity index (χ1n) is 5.00. The summed E-state index contributed by atoms with van der Waals surface area (Å²) in [6.07, 6.45) is -1.06. The van der Waals surface area contributed by atoms with Gasteiger partial charge >= 0.3 is 16.3 Å². The Labute approximate surface area is 106 Å². The van der Waals surface area contributed by atoms with Gasteiger partial charge in [-0.1, -0.05) is 0 Å². The molecule has 0 radical (unpaired) electrons. The van der Waals surface area contributed by atoms with Crippen LogP contribution in [0, 0.1) is 13.8 Å². The number of ether oxygens (including phenoxy) is 1. The second kappa shape index (κ2) is 5.13. The molecular formula is C10H15N3O4S. The van der Waals surface area contributed by atoms with Crippen LogP contribution in [-0.4, -0.2) is 21.6 Å². The Morgan fingerprint density at radius 2 is 1.89 bits per heavy atom. The number of anilines is 2. The predicted octanol–water partition coefficient (Wildman–Crippen LogP) is 0.898. The molecule has 7 nitrogen and oxygen atoms in total. The smallest absolute Gasteiger partial charge is 0.422 e. The van der Waals surface area contributed by atoms with Crippen LogP contribution in [0.15, 0.2) is 12.1 Å². The zero-order chi connectivity index (χ0) is 13.9. The Kier molecular flexibility index (Phi) is 4.02. The van der Waals surface area contributed by atoms with Gasteiger partial charge in [0.05, 0.1) is 12.8 Å². The summed E-state index contributed by atoms with van der Waals surface area (Å²) in [5.74, 6) is 0. The van der Waals surface area contributed by atoms with Crippen LogP contribution in [0.25, 0.3) is 0 Å². The molecule has 18 heavy (non-hydrogen) atoms. The van der Waals surface area contributed by atoms with E-state index in [1.165, 1.54) is 0 Å². The molecule has 1 rings (SSSR count). The van der Waals surface area contributed by atoms with E-state index < -0.39 is 16.3 Å². The molecular weight excluding hydrogens is 258 g/mol. The SMILES string of the molecule is COC(=O)NS(=O)(=O)Nc1cc(C)c(N)cc1C. The average molecular weight is 273 g/mol. The Bertz CT molecular complexity index is 569. The van der Waals surface area contributed by atoms with Crippen molar-refractivity contribution >= 4 is 27.7 Å². The number of nitrogen functional groups attached to an aromatic ring is 1. The van der Waals surface area contributed by atoms with E-state index >= 15 is 0 Å². The van der Waals surface area contributed by atoms with Crippen LogP contribution < -0.4 is 15.2 Å². The maximum absolute atomic E-state index is 11.6. The molecule has 0 aliphatic carbocycles. The first-order valence-corrected chi connectivity index (χ1v) is 6.48. The van der Waals surface area contributed by atoms with Crippen LogP contribution in [0.4, 0.5) is 16.2 Å². The first-order chi connectivity index (χ1) is 8.25. The van der Waals surface area contributed by atoms with Crippen molar-refractivity contribution in [1.29, 1.82) is 0 Å². The van der Waals surface area contributed by atoms with E-state index in [2.05, 4.69) is 9.46 Å². The van der Waals surface area contributed by atoms with Crippen LogP contribution in [0.3, 0.4) is 0 Å². The van der Waals surface area contributed by atoms with E-state index in [0.717, 1.165) is 12.7 Å². The van der Waals surface area contributed by atoms with E-state index in [-0.39, 0.29) is 0 Å². The van der Waals surface area contributed by atoms with Gasteiger partial charge in [0, 0.05) is 5.69 Å². The van der Waals surface area contributed by atoms with Crippen LogP contribution in [0.5, 0.6) is 0 Å². The third-order valence-corrected chi connectivity index (χ3v) is 3.18. The van der Waals surface area contributed by atoms with Crippen molar-refractivity contribution in [1.82, 2.24) is 4.72 Å². The molecule has 8 heteroatoms. The maximum Gasteiger partial charge on any atom is 0.422 e. The molecule has 0 aliphatic heterocycles. The summed E-state index contributed by atoms with van der Waals surface area (Å²) in [6, 6.07) is 3.23. The molecule has 0 aliphatic rings. The molecule has 100 valence electrons. The lowest BCUT2D eigenvalue weighted by Crippen LogP contribution is -2.35. The minimum absolute atomic E-state index is 0.345. The topological polar surface area (TPSA) is 111 Å². The highest BCUT2D eigenvalue weighted by Crippen LogP contribution is 2.22. The standard InChI is InChI=1S/C10H15N3O4S/c1-6-5-9(7(2)4-8(6)11)12-18(15,16)13-10(14)17-3/h4-5,12H,11H2,1-3H3,(H,13,14). The number of amides is 1. The van der Waals surface area contributed by atoms with Gasteiger partial charge in [-0.25, -0.2) is 9.52 Å². The van der Waals surface area contributed by atoms with Gasteiger partial charge < -0.3 is 10.5 Å². The Hall–Kier alpha value is -1.96. The van der Waals surface area contributed by atoms with Crippen molar-refractivity contribution in [2.45, 2.75) is 13.8 Å². The molecule has 0 spiro atoms. The van der Waals surface area contributed by atoms with Gasteiger partial charge in [0.1, 0.15) is 0 Å². The zero-order valence-electron chi connectivity index (χ0n) is 10.3. The van der Waals surface area contributed by atoms with Crippen LogP contribution in [-0.2, 0) is 14.9 Å². The van der Waals surface area contributed by atoms with Crippen LogP contribution in [0.2, 0.25) is 0 Å². The lowest BCUT2D eigenvalue weighted by molar-refractivity contribution is 0.177. The largest absolute Gasteiger partial charge is 0.452 e. The minimum Gasteiger partial charge on any atom is -0.452 e. The number of benzene rings is 1. The summed E-state index contributed by atoms with van der Waals surface area (Å²) < 4.78 is 31.2. The van der Waals surface area contributed by atoms with E-state index in [1.54, 1.807) is 30.7 Å². The monoisotopic (exact) mass is 273 g/mol. The lowest BCUT2D eigenvalue weighted by Gasteiger charge is -2.12. The second-order valence-electron chi connectivity index (χ2n) is 3.72. The van der Waals surface area contributed by atoms with Gasteiger partial charge in [0.2, 0.25) is 0 Å². The number of aryl methyl sites for hydroxylation is 2. The number of nitrogens with two attached hydrogens (primary N) is 1. The summed E-state index contributed by atoms with van der Waals surface area (Å²) in [5, 5.41) is 0. The number of nitrogens with one attached hydrogen (secondary N) is 2. The van der Waals surface area contributed by atoms with E-state index in [0.29, 0.717) is 16.9 Å². The van der Waals surface area contributed by atoms with Gasteiger partial charge in [-0.05, 0) is 37.1 Å². The predicted molar refractivity (Wildman–Crippen MR) is 68.4 cm³/mol. The third kappa shape index (κ3) is 3.52. The first kappa shape index (κ1) is 14.1. The summed E-state index contributed by atoms with van der Waals surface area (Å²) in [4.78, 5) is 10.9. The number of carbonyl (C=O) groups is 1. The molecule has 0 atom stereocenters. The number of rotatable bonds is 3. The number of hydrogen-bond acceptors (Lipinski definition) is 5. The Balaban J connectivity index is 2.98. The third-order valence-electron chi connectivity index (χ3n) is 2.26. The second-order valence-corrected chi connectivity index (χ2v) is 5.14. The molecule has 1 amide bonds. The van der Waals surface area contributed by atoms with Gasteiger partial charge in [0.15, 0.2) is 0 Å². The molecule has 0 fully saturated rings. The minimum atomic E-state index is -4.01. The molecule has 0 saturated heterocycles. The quantitative estimate of drug-likeness (QED) is 0.708. The Morgan fingerprint density at radius 3 is 2.44 bits per heavy atom. The van der Waals surface area contributed by atoms with E-state index in [4.69, 9.17) is 5.73 Å². The number of hydrogen-bond donors (Lipinski definition) is 3. The van der Waals surface area contributed by atoms with Crippen molar-refractivity contribution in [3.63, 3.8) is 0 Å². The zero-order valence-corrected chi connectivity index (χ0v) is 11.1. The van der Waals surface area contributed by atoms with Gasteiger partial charge in [-0.2, -0.15) is 8.42 Å². The number of carbonyl (C=O) groups excluding carboxylic acids is 1. The summed E-state index contributed by atoms with van der Waals surface area (Å²) >= 11 is 0. The molecule has 1 aromatic carbocycles.